The maximum atomic E-state index is 13.5. The smallest absolute Gasteiger partial charge is 0.257 e. The lowest BCUT2D eigenvalue weighted by atomic mass is 10.1. The van der Waals surface area contributed by atoms with E-state index in [0.29, 0.717) is 0 Å². The Kier molecular flexibility index (Phi) is 3.66. The van der Waals surface area contributed by atoms with Gasteiger partial charge in [0, 0.05) is 10.7 Å². The van der Waals surface area contributed by atoms with Crippen LogP contribution in [-0.4, -0.2) is 5.91 Å². The van der Waals surface area contributed by atoms with Gasteiger partial charge in [-0.15, -0.1) is 0 Å². The molecule has 0 heterocycles. The number of rotatable bonds is 2. The van der Waals surface area contributed by atoms with Gasteiger partial charge in [-0.2, -0.15) is 0 Å². The molecule has 6 heteroatoms. The first-order valence-electron chi connectivity index (χ1n) is 5.29. The van der Waals surface area contributed by atoms with E-state index in [-0.39, 0.29) is 22.0 Å². The van der Waals surface area contributed by atoms with Crippen LogP contribution in [0.15, 0.2) is 36.4 Å². The Labute approximate surface area is 113 Å². The number of nitrogen functional groups attached to an aromatic ring is 1. The highest BCUT2D eigenvalue weighted by Crippen LogP contribution is 2.21. The predicted molar refractivity (Wildman–Crippen MR) is 70.2 cm³/mol. The summed E-state index contributed by atoms with van der Waals surface area (Å²) in [6.45, 7) is 0. The van der Waals surface area contributed by atoms with E-state index >= 15 is 0 Å². The molecule has 1 amide bonds. The summed E-state index contributed by atoms with van der Waals surface area (Å²) in [7, 11) is 0. The monoisotopic (exact) mass is 282 g/mol. The quantitative estimate of drug-likeness (QED) is 0.829. The van der Waals surface area contributed by atoms with Gasteiger partial charge in [0.15, 0.2) is 0 Å². The summed E-state index contributed by atoms with van der Waals surface area (Å²) in [4.78, 5) is 11.9. The molecule has 3 nitrogen and oxygen atoms in total. The maximum Gasteiger partial charge on any atom is 0.257 e. The Balaban J connectivity index is 2.25. The molecule has 3 N–H and O–H groups in total. The summed E-state index contributed by atoms with van der Waals surface area (Å²) in [6.07, 6.45) is 0. The van der Waals surface area contributed by atoms with E-state index in [1.807, 2.05) is 0 Å². The molecular formula is C13H9ClF2N2O. The second kappa shape index (κ2) is 5.24. The van der Waals surface area contributed by atoms with E-state index in [1.54, 1.807) is 0 Å². The van der Waals surface area contributed by atoms with Crippen LogP contribution in [0.2, 0.25) is 5.02 Å². The van der Waals surface area contributed by atoms with Crippen molar-refractivity contribution in [3.8, 4) is 0 Å². The van der Waals surface area contributed by atoms with Gasteiger partial charge in [-0.3, -0.25) is 4.79 Å². The minimum Gasteiger partial charge on any atom is -0.398 e. The molecule has 0 aliphatic rings. The van der Waals surface area contributed by atoms with E-state index in [1.165, 1.54) is 18.2 Å². The van der Waals surface area contributed by atoms with E-state index < -0.39 is 17.5 Å². The molecule has 98 valence electrons. The molecule has 0 unspecified atom stereocenters. The van der Waals surface area contributed by atoms with Gasteiger partial charge in [0.2, 0.25) is 0 Å². The van der Waals surface area contributed by atoms with Crippen LogP contribution < -0.4 is 11.1 Å². The van der Waals surface area contributed by atoms with Gasteiger partial charge < -0.3 is 11.1 Å². The van der Waals surface area contributed by atoms with Crippen LogP contribution in [0.4, 0.5) is 20.2 Å². The van der Waals surface area contributed by atoms with Crippen LogP contribution in [0.3, 0.4) is 0 Å². The van der Waals surface area contributed by atoms with Gasteiger partial charge in [0.1, 0.15) is 11.6 Å². The summed E-state index contributed by atoms with van der Waals surface area (Å²) in [5.41, 5.74) is 5.54. The van der Waals surface area contributed by atoms with Crippen molar-refractivity contribution in [3.05, 3.63) is 58.6 Å². The number of amides is 1. The van der Waals surface area contributed by atoms with Crippen LogP contribution in [0.1, 0.15) is 10.4 Å². The number of hydrogen-bond acceptors (Lipinski definition) is 2. The fourth-order valence-corrected chi connectivity index (χ4v) is 1.68. The predicted octanol–water partition coefficient (Wildman–Crippen LogP) is 3.45. The molecular weight excluding hydrogens is 274 g/mol. The number of carbonyl (C=O) groups excluding carboxylic acids is 1. The molecule has 2 aromatic rings. The lowest BCUT2D eigenvalue weighted by Gasteiger charge is -2.08. The van der Waals surface area contributed by atoms with Crippen LogP contribution in [0.5, 0.6) is 0 Å². The number of hydrogen-bond donors (Lipinski definition) is 2. The Bertz CT molecular complexity index is 647. The molecule has 0 saturated heterocycles. The first-order valence-corrected chi connectivity index (χ1v) is 5.66. The Morgan fingerprint density at radius 2 is 1.89 bits per heavy atom. The van der Waals surface area contributed by atoms with Crippen LogP contribution >= 0.6 is 11.6 Å². The third-order valence-electron chi connectivity index (χ3n) is 2.44. The molecule has 19 heavy (non-hydrogen) atoms. The second-order valence-electron chi connectivity index (χ2n) is 3.81. The second-order valence-corrected chi connectivity index (χ2v) is 4.25. The highest BCUT2D eigenvalue weighted by Gasteiger charge is 2.12. The topological polar surface area (TPSA) is 55.1 Å². The van der Waals surface area contributed by atoms with Crippen molar-refractivity contribution in [1.82, 2.24) is 0 Å². The van der Waals surface area contributed by atoms with E-state index in [0.717, 1.165) is 18.2 Å². The van der Waals surface area contributed by atoms with E-state index in [2.05, 4.69) is 5.32 Å². The minimum absolute atomic E-state index is 0.0214. The molecule has 0 bridgehead atoms. The summed E-state index contributed by atoms with van der Waals surface area (Å²) < 4.78 is 26.4. The highest BCUT2D eigenvalue weighted by atomic mass is 35.5. The molecule has 0 saturated carbocycles. The minimum atomic E-state index is -0.665. The van der Waals surface area contributed by atoms with Crippen molar-refractivity contribution in [1.29, 1.82) is 0 Å². The van der Waals surface area contributed by atoms with Crippen molar-refractivity contribution < 1.29 is 13.6 Å². The molecule has 0 aromatic heterocycles. The lowest BCUT2D eigenvalue weighted by Crippen LogP contribution is -2.15. The number of nitrogens with two attached hydrogens (primary N) is 1. The van der Waals surface area contributed by atoms with E-state index in [9.17, 15) is 13.6 Å². The molecule has 0 atom stereocenters. The zero-order valence-corrected chi connectivity index (χ0v) is 10.3. The zero-order valence-electron chi connectivity index (χ0n) is 9.58. The van der Waals surface area contributed by atoms with Gasteiger partial charge in [0.05, 0.1) is 11.3 Å². The van der Waals surface area contributed by atoms with Crippen LogP contribution in [0, 0.1) is 11.6 Å². The molecule has 0 aliphatic carbocycles. The maximum absolute atomic E-state index is 13.5. The fraction of sp³-hybridized carbons (Fsp3) is 0. The van der Waals surface area contributed by atoms with Gasteiger partial charge in [-0.1, -0.05) is 11.6 Å². The zero-order chi connectivity index (χ0) is 14.0. The summed E-state index contributed by atoms with van der Waals surface area (Å²) >= 11 is 5.60. The largest absolute Gasteiger partial charge is 0.398 e. The number of benzene rings is 2. The molecule has 0 radical (unpaired) electrons. The Hall–Kier alpha value is -2.14. The van der Waals surface area contributed by atoms with Crippen LogP contribution in [0.25, 0.3) is 0 Å². The van der Waals surface area contributed by atoms with Crippen molar-refractivity contribution in [2.24, 2.45) is 0 Å². The molecule has 0 aliphatic heterocycles. The third-order valence-corrected chi connectivity index (χ3v) is 2.67. The van der Waals surface area contributed by atoms with E-state index in [4.69, 9.17) is 17.3 Å². The van der Waals surface area contributed by atoms with Gasteiger partial charge in [-0.05, 0) is 36.4 Å². The summed E-state index contributed by atoms with van der Waals surface area (Å²) in [5.74, 6) is -1.84. The SMILES string of the molecule is Nc1cc(F)ccc1C(=O)Nc1ccc(Cl)cc1F. The van der Waals surface area contributed by atoms with Crippen LogP contribution in [-0.2, 0) is 0 Å². The van der Waals surface area contributed by atoms with Crippen molar-refractivity contribution in [2.75, 3.05) is 11.1 Å². The Morgan fingerprint density at radius 1 is 1.16 bits per heavy atom. The number of halogens is 3. The number of anilines is 2. The Morgan fingerprint density at radius 3 is 2.53 bits per heavy atom. The first kappa shape index (κ1) is 13.3. The lowest BCUT2D eigenvalue weighted by molar-refractivity contribution is 0.102. The average molecular weight is 283 g/mol. The van der Waals surface area contributed by atoms with Crippen molar-refractivity contribution >= 4 is 28.9 Å². The van der Waals surface area contributed by atoms with Gasteiger partial charge >= 0.3 is 0 Å². The summed E-state index contributed by atoms with van der Waals surface area (Å²) in [6, 6.07) is 7.19. The summed E-state index contributed by atoms with van der Waals surface area (Å²) in [5, 5.41) is 2.56. The molecule has 0 fully saturated rings. The van der Waals surface area contributed by atoms with Crippen molar-refractivity contribution in [3.63, 3.8) is 0 Å². The molecule has 0 spiro atoms. The highest BCUT2D eigenvalue weighted by molar-refractivity contribution is 6.30. The number of nitrogens with one attached hydrogen (secondary N) is 1. The van der Waals surface area contributed by atoms with Gasteiger partial charge in [0.25, 0.3) is 5.91 Å². The van der Waals surface area contributed by atoms with Gasteiger partial charge in [-0.25, -0.2) is 8.78 Å². The van der Waals surface area contributed by atoms with Crippen molar-refractivity contribution in [2.45, 2.75) is 0 Å². The standard InChI is InChI=1S/C13H9ClF2N2O/c14-7-1-4-12(10(16)5-7)18-13(19)9-3-2-8(15)6-11(9)17/h1-6H,17H2,(H,18,19). The fourth-order valence-electron chi connectivity index (χ4n) is 1.52. The molecule has 2 aromatic carbocycles. The number of carbonyl (C=O) groups is 1. The molecule has 2 rings (SSSR count). The average Bonchev–Trinajstić information content (AvgIpc) is 2.32. The first-order chi connectivity index (χ1) is 8.97. The third kappa shape index (κ3) is 3.00. The normalized spacial score (nSPS) is 10.3.